The molecule has 0 aliphatic heterocycles. The van der Waals surface area contributed by atoms with Gasteiger partial charge in [-0.25, -0.2) is 9.97 Å². The lowest BCUT2D eigenvalue weighted by molar-refractivity contribution is 0.102. The summed E-state index contributed by atoms with van der Waals surface area (Å²) in [7, 11) is 0. The molecule has 0 amide bonds. The molecule has 0 radical (unpaired) electrons. The standard InChI is InChI=1S/C8H6N4O/c13-7(8-11-3-4-12-8)6-5-9-1-2-10-6/h1-5H,(H,11,12). The molecule has 0 fully saturated rings. The SMILES string of the molecule is O=C(c1cnccn1)c1ncc[nH]1. The van der Waals surface area contributed by atoms with E-state index in [2.05, 4.69) is 19.9 Å². The maximum absolute atomic E-state index is 11.5. The van der Waals surface area contributed by atoms with E-state index in [1.54, 1.807) is 6.20 Å². The Hall–Kier alpha value is -2.04. The molecule has 1 N–H and O–H groups in total. The van der Waals surface area contributed by atoms with Crippen LogP contribution in [0.4, 0.5) is 0 Å². The van der Waals surface area contributed by atoms with Crippen LogP contribution in [-0.2, 0) is 0 Å². The normalized spacial score (nSPS) is 9.85. The van der Waals surface area contributed by atoms with Crippen molar-refractivity contribution >= 4 is 5.78 Å². The molecule has 5 nitrogen and oxygen atoms in total. The van der Waals surface area contributed by atoms with Crippen LogP contribution in [0, 0.1) is 0 Å². The molecular weight excluding hydrogens is 168 g/mol. The molecule has 64 valence electrons. The van der Waals surface area contributed by atoms with Crippen molar-refractivity contribution in [2.75, 3.05) is 0 Å². The number of aromatic amines is 1. The number of ketones is 1. The first-order valence-electron chi connectivity index (χ1n) is 3.68. The van der Waals surface area contributed by atoms with Crippen LogP contribution < -0.4 is 0 Å². The minimum absolute atomic E-state index is 0.252. The Morgan fingerprint density at radius 3 is 2.77 bits per heavy atom. The molecule has 2 heterocycles. The van der Waals surface area contributed by atoms with Gasteiger partial charge in [0.15, 0.2) is 5.82 Å². The number of rotatable bonds is 2. The first-order chi connectivity index (χ1) is 6.38. The van der Waals surface area contributed by atoms with Gasteiger partial charge in [0, 0.05) is 24.8 Å². The minimum atomic E-state index is -0.252. The van der Waals surface area contributed by atoms with E-state index >= 15 is 0 Å². The molecule has 2 rings (SSSR count). The summed E-state index contributed by atoms with van der Waals surface area (Å²) in [5, 5.41) is 0. The molecule has 0 aromatic carbocycles. The van der Waals surface area contributed by atoms with Crippen LogP contribution in [-0.4, -0.2) is 25.7 Å². The number of hydrogen-bond acceptors (Lipinski definition) is 4. The summed E-state index contributed by atoms with van der Waals surface area (Å²) in [6.45, 7) is 0. The molecule has 2 aromatic heterocycles. The van der Waals surface area contributed by atoms with Crippen LogP contribution in [0.25, 0.3) is 0 Å². The van der Waals surface area contributed by atoms with Crippen molar-refractivity contribution in [1.29, 1.82) is 0 Å². The second-order valence-electron chi connectivity index (χ2n) is 2.36. The van der Waals surface area contributed by atoms with Crippen LogP contribution in [0.15, 0.2) is 31.0 Å². The van der Waals surface area contributed by atoms with Crippen molar-refractivity contribution in [3.8, 4) is 0 Å². The maximum Gasteiger partial charge on any atom is 0.248 e. The van der Waals surface area contributed by atoms with Crippen molar-refractivity contribution in [2.45, 2.75) is 0 Å². The molecule has 0 bridgehead atoms. The predicted molar refractivity (Wildman–Crippen MR) is 44.1 cm³/mol. The number of aromatic nitrogens is 4. The molecule has 13 heavy (non-hydrogen) atoms. The second kappa shape index (κ2) is 3.14. The fourth-order valence-electron chi connectivity index (χ4n) is 0.927. The highest BCUT2D eigenvalue weighted by molar-refractivity contribution is 6.04. The van der Waals surface area contributed by atoms with E-state index in [0.717, 1.165) is 0 Å². The molecule has 0 aliphatic rings. The van der Waals surface area contributed by atoms with Crippen LogP contribution in [0.1, 0.15) is 16.3 Å². The number of nitrogens with zero attached hydrogens (tertiary/aromatic N) is 3. The molecule has 5 heteroatoms. The maximum atomic E-state index is 11.5. The van der Waals surface area contributed by atoms with Gasteiger partial charge < -0.3 is 4.98 Å². The molecule has 0 unspecified atom stereocenters. The Labute approximate surface area is 73.9 Å². The first kappa shape index (κ1) is 7.60. The third-order valence-electron chi connectivity index (χ3n) is 1.51. The fraction of sp³-hybridized carbons (Fsp3) is 0. The lowest BCUT2D eigenvalue weighted by Gasteiger charge is -1.93. The van der Waals surface area contributed by atoms with Crippen LogP contribution >= 0.6 is 0 Å². The van der Waals surface area contributed by atoms with Gasteiger partial charge in [-0.15, -0.1) is 0 Å². The first-order valence-corrected chi connectivity index (χ1v) is 3.68. The number of carbonyl (C=O) groups excluding carboxylic acids is 1. The molecule has 0 atom stereocenters. The second-order valence-corrected chi connectivity index (χ2v) is 2.36. The fourth-order valence-corrected chi connectivity index (χ4v) is 0.927. The van der Waals surface area contributed by atoms with Gasteiger partial charge >= 0.3 is 0 Å². The van der Waals surface area contributed by atoms with Crippen molar-refractivity contribution in [3.05, 3.63) is 42.5 Å². The molecule has 0 saturated heterocycles. The third-order valence-corrected chi connectivity index (χ3v) is 1.51. The lowest BCUT2D eigenvalue weighted by atomic mass is 10.3. The van der Waals surface area contributed by atoms with Crippen molar-refractivity contribution < 1.29 is 4.79 Å². The molecule has 0 saturated carbocycles. The van der Waals surface area contributed by atoms with Crippen molar-refractivity contribution in [3.63, 3.8) is 0 Å². The summed E-state index contributed by atoms with van der Waals surface area (Å²) in [4.78, 5) is 25.7. The predicted octanol–water partition coefficient (Wildman–Crippen LogP) is 0.431. The largest absolute Gasteiger partial charge is 0.342 e. The molecule has 0 spiro atoms. The average Bonchev–Trinajstić information content (AvgIpc) is 2.71. The monoisotopic (exact) mass is 174 g/mol. The smallest absolute Gasteiger partial charge is 0.248 e. The zero-order valence-electron chi connectivity index (χ0n) is 6.64. The highest BCUT2D eigenvalue weighted by Gasteiger charge is 2.11. The van der Waals surface area contributed by atoms with Gasteiger partial charge in [-0.05, 0) is 0 Å². The summed E-state index contributed by atoms with van der Waals surface area (Å²) in [6.07, 6.45) is 7.49. The van der Waals surface area contributed by atoms with E-state index in [-0.39, 0.29) is 17.3 Å². The number of H-pyrrole nitrogens is 1. The van der Waals surface area contributed by atoms with Crippen LogP contribution in [0.5, 0.6) is 0 Å². The average molecular weight is 174 g/mol. The van der Waals surface area contributed by atoms with Crippen molar-refractivity contribution in [1.82, 2.24) is 19.9 Å². The number of hydrogen-bond donors (Lipinski definition) is 1. The van der Waals surface area contributed by atoms with Gasteiger partial charge in [0.05, 0.1) is 6.20 Å². The topological polar surface area (TPSA) is 71.5 Å². The summed E-state index contributed by atoms with van der Waals surface area (Å²) in [5.41, 5.74) is 0.289. The van der Waals surface area contributed by atoms with Gasteiger partial charge in [-0.2, -0.15) is 0 Å². The Kier molecular flexibility index (Phi) is 1.84. The van der Waals surface area contributed by atoms with Gasteiger partial charge in [0.25, 0.3) is 0 Å². The van der Waals surface area contributed by atoms with E-state index in [1.807, 2.05) is 0 Å². The zero-order chi connectivity index (χ0) is 9.10. The molecule has 2 aromatic rings. The Bertz CT molecular complexity index is 395. The highest BCUT2D eigenvalue weighted by Crippen LogP contribution is 1.99. The molecule has 0 aliphatic carbocycles. The zero-order valence-corrected chi connectivity index (χ0v) is 6.64. The highest BCUT2D eigenvalue weighted by atomic mass is 16.1. The summed E-state index contributed by atoms with van der Waals surface area (Å²) in [6, 6.07) is 0. The van der Waals surface area contributed by atoms with E-state index in [4.69, 9.17) is 0 Å². The van der Waals surface area contributed by atoms with Gasteiger partial charge in [-0.1, -0.05) is 0 Å². The van der Waals surface area contributed by atoms with E-state index < -0.39 is 0 Å². The third kappa shape index (κ3) is 1.44. The van der Waals surface area contributed by atoms with Crippen LogP contribution in [0.3, 0.4) is 0 Å². The van der Waals surface area contributed by atoms with E-state index in [0.29, 0.717) is 0 Å². The lowest BCUT2D eigenvalue weighted by Crippen LogP contribution is -2.05. The number of nitrogens with one attached hydrogen (secondary N) is 1. The van der Waals surface area contributed by atoms with Crippen LogP contribution in [0.2, 0.25) is 0 Å². The number of imidazole rings is 1. The summed E-state index contributed by atoms with van der Waals surface area (Å²) >= 11 is 0. The summed E-state index contributed by atoms with van der Waals surface area (Å²) < 4.78 is 0. The van der Waals surface area contributed by atoms with Crippen molar-refractivity contribution in [2.24, 2.45) is 0 Å². The minimum Gasteiger partial charge on any atom is -0.342 e. The Morgan fingerprint density at radius 1 is 1.23 bits per heavy atom. The van der Waals surface area contributed by atoms with E-state index in [9.17, 15) is 4.79 Å². The summed E-state index contributed by atoms with van der Waals surface area (Å²) in [5.74, 6) is 0.0265. The molecular formula is C8H6N4O. The Morgan fingerprint density at radius 2 is 2.15 bits per heavy atom. The van der Waals surface area contributed by atoms with Gasteiger partial charge in [0.2, 0.25) is 5.78 Å². The van der Waals surface area contributed by atoms with Gasteiger partial charge in [0.1, 0.15) is 5.69 Å². The number of carbonyl (C=O) groups is 1. The Balaban J connectivity index is 2.34. The van der Waals surface area contributed by atoms with Gasteiger partial charge in [-0.3, -0.25) is 9.78 Å². The van der Waals surface area contributed by atoms with E-state index in [1.165, 1.54) is 24.8 Å². The quantitative estimate of drug-likeness (QED) is 0.670.